The number of benzene rings is 1. The first-order chi connectivity index (χ1) is 12.0. The van der Waals surface area contributed by atoms with Crippen molar-refractivity contribution in [1.29, 1.82) is 0 Å². The molecule has 1 atom stereocenters. The van der Waals surface area contributed by atoms with Gasteiger partial charge in [0.1, 0.15) is 5.69 Å². The predicted octanol–water partition coefficient (Wildman–Crippen LogP) is 4.13. The zero-order chi connectivity index (χ0) is 17.6. The summed E-state index contributed by atoms with van der Waals surface area (Å²) in [5, 5.41) is 5.12. The Bertz CT molecular complexity index is 948. The highest BCUT2D eigenvalue weighted by Gasteiger charge is 2.33. The van der Waals surface area contributed by atoms with Gasteiger partial charge < -0.3 is 4.90 Å². The molecule has 0 aliphatic carbocycles. The first kappa shape index (κ1) is 15.8. The number of anilines is 1. The molecule has 0 bridgehead atoms. The Morgan fingerprint density at radius 3 is 2.68 bits per heavy atom. The standard InChI is InChI=1S/C19H17ClN4O/c1-12-9-14(7-8-21-12)17-10-22-24-13(2)11-23(19(25)18(17)24)16-5-3-15(20)4-6-16/h3-10,13H,11H2,1-2H3/t13-/m0/s1. The highest BCUT2D eigenvalue weighted by atomic mass is 35.5. The van der Waals surface area contributed by atoms with Gasteiger partial charge in [-0.2, -0.15) is 5.10 Å². The van der Waals surface area contributed by atoms with E-state index in [0.29, 0.717) is 17.3 Å². The number of aryl methyl sites for hydroxylation is 1. The van der Waals surface area contributed by atoms with Gasteiger partial charge in [0.05, 0.1) is 12.2 Å². The van der Waals surface area contributed by atoms with E-state index in [1.807, 2.05) is 35.9 Å². The Morgan fingerprint density at radius 1 is 1.20 bits per heavy atom. The molecular weight excluding hydrogens is 336 g/mol. The molecule has 2 aromatic heterocycles. The van der Waals surface area contributed by atoms with Crippen LogP contribution >= 0.6 is 11.6 Å². The van der Waals surface area contributed by atoms with Gasteiger partial charge in [0.15, 0.2) is 0 Å². The van der Waals surface area contributed by atoms with Gasteiger partial charge in [0.25, 0.3) is 5.91 Å². The van der Waals surface area contributed by atoms with Crippen LogP contribution in [0.2, 0.25) is 5.02 Å². The maximum atomic E-state index is 13.2. The largest absolute Gasteiger partial charge is 0.305 e. The molecular formula is C19H17ClN4O. The van der Waals surface area contributed by atoms with Gasteiger partial charge in [-0.05, 0) is 55.8 Å². The lowest BCUT2D eigenvalue weighted by molar-refractivity contribution is 0.0954. The summed E-state index contributed by atoms with van der Waals surface area (Å²) in [5.74, 6) is -0.0533. The molecule has 25 heavy (non-hydrogen) atoms. The number of rotatable bonds is 2. The lowest BCUT2D eigenvalue weighted by atomic mass is 10.0. The Hall–Kier alpha value is -2.66. The number of pyridine rings is 1. The fourth-order valence-corrected chi connectivity index (χ4v) is 3.36. The fourth-order valence-electron chi connectivity index (χ4n) is 3.23. The zero-order valence-corrected chi connectivity index (χ0v) is 14.7. The van der Waals surface area contributed by atoms with E-state index in [1.165, 1.54) is 0 Å². The monoisotopic (exact) mass is 352 g/mol. The minimum Gasteiger partial charge on any atom is -0.305 e. The summed E-state index contributed by atoms with van der Waals surface area (Å²) >= 11 is 5.98. The minimum atomic E-state index is -0.0533. The zero-order valence-electron chi connectivity index (χ0n) is 14.0. The van der Waals surface area contributed by atoms with E-state index in [0.717, 1.165) is 22.5 Å². The first-order valence-electron chi connectivity index (χ1n) is 8.12. The molecule has 5 nitrogen and oxygen atoms in total. The predicted molar refractivity (Wildman–Crippen MR) is 98.0 cm³/mol. The summed E-state index contributed by atoms with van der Waals surface area (Å²) in [7, 11) is 0. The van der Waals surface area contributed by atoms with Crippen LogP contribution in [-0.4, -0.2) is 27.2 Å². The van der Waals surface area contributed by atoms with Crippen molar-refractivity contribution in [3.63, 3.8) is 0 Å². The van der Waals surface area contributed by atoms with Gasteiger partial charge in [-0.3, -0.25) is 14.5 Å². The Morgan fingerprint density at radius 2 is 1.96 bits per heavy atom. The van der Waals surface area contributed by atoms with E-state index in [-0.39, 0.29) is 11.9 Å². The lowest BCUT2D eigenvalue weighted by Crippen LogP contribution is -2.42. The Kier molecular flexibility index (Phi) is 3.81. The van der Waals surface area contributed by atoms with Crippen molar-refractivity contribution < 1.29 is 4.79 Å². The molecule has 3 aromatic rings. The molecule has 1 aliphatic rings. The number of hydrogen-bond acceptors (Lipinski definition) is 3. The van der Waals surface area contributed by atoms with E-state index >= 15 is 0 Å². The lowest BCUT2D eigenvalue weighted by Gasteiger charge is -2.32. The maximum Gasteiger partial charge on any atom is 0.277 e. The Labute approximate surface area is 150 Å². The Balaban J connectivity index is 1.81. The molecule has 0 fully saturated rings. The summed E-state index contributed by atoms with van der Waals surface area (Å²) in [6, 6.07) is 11.3. The average molecular weight is 353 g/mol. The van der Waals surface area contributed by atoms with Gasteiger partial charge in [0, 0.05) is 34.7 Å². The SMILES string of the molecule is Cc1cc(-c2cnn3c2C(=O)N(c2ccc(Cl)cc2)C[C@@H]3C)ccn1. The highest BCUT2D eigenvalue weighted by molar-refractivity contribution is 6.30. The number of aromatic nitrogens is 3. The molecule has 0 unspecified atom stereocenters. The number of hydrogen-bond donors (Lipinski definition) is 0. The third kappa shape index (κ3) is 2.70. The van der Waals surface area contributed by atoms with Crippen LogP contribution in [-0.2, 0) is 0 Å². The minimum absolute atomic E-state index is 0.0533. The quantitative estimate of drug-likeness (QED) is 0.696. The third-order valence-electron chi connectivity index (χ3n) is 4.45. The summed E-state index contributed by atoms with van der Waals surface area (Å²) < 4.78 is 1.82. The van der Waals surface area contributed by atoms with Crippen LogP contribution in [0.1, 0.15) is 29.1 Å². The van der Waals surface area contributed by atoms with Crippen molar-refractivity contribution in [2.45, 2.75) is 19.9 Å². The van der Waals surface area contributed by atoms with Gasteiger partial charge >= 0.3 is 0 Å². The molecule has 126 valence electrons. The van der Waals surface area contributed by atoms with Crippen molar-refractivity contribution in [1.82, 2.24) is 14.8 Å². The number of nitrogens with zero attached hydrogens (tertiary/aromatic N) is 4. The molecule has 3 heterocycles. The maximum absolute atomic E-state index is 13.2. The van der Waals surface area contributed by atoms with Gasteiger partial charge in [-0.15, -0.1) is 0 Å². The number of fused-ring (bicyclic) bond motifs is 1. The van der Waals surface area contributed by atoms with Gasteiger partial charge in [-0.1, -0.05) is 11.6 Å². The van der Waals surface area contributed by atoms with Crippen molar-refractivity contribution in [2.75, 3.05) is 11.4 Å². The van der Waals surface area contributed by atoms with Crippen LogP contribution in [0.4, 0.5) is 5.69 Å². The number of halogens is 1. The molecule has 4 rings (SSSR count). The van der Waals surface area contributed by atoms with Crippen molar-refractivity contribution in [3.05, 3.63) is 65.2 Å². The molecule has 0 saturated carbocycles. The van der Waals surface area contributed by atoms with E-state index < -0.39 is 0 Å². The highest BCUT2D eigenvalue weighted by Crippen LogP contribution is 2.32. The number of carbonyl (C=O) groups excluding carboxylic acids is 1. The first-order valence-corrected chi connectivity index (χ1v) is 8.50. The van der Waals surface area contributed by atoms with Crippen LogP contribution in [0.25, 0.3) is 11.1 Å². The molecule has 1 aromatic carbocycles. The second-order valence-corrected chi connectivity index (χ2v) is 6.71. The van der Waals surface area contributed by atoms with Crippen molar-refractivity contribution in [3.8, 4) is 11.1 Å². The molecule has 0 radical (unpaired) electrons. The van der Waals surface area contributed by atoms with Crippen molar-refractivity contribution >= 4 is 23.2 Å². The summed E-state index contributed by atoms with van der Waals surface area (Å²) in [6.07, 6.45) is 3.52. The topological polar surface area (TPSA) is 51.0 Å². The summed E-state index contributed by atoms with van der Waals surface area (Å²) in [6.45, 7) is 4.57. The normalized spacial score (nSPS) is 16.8. The summed E-state index contributed by atoms with van der Waals surface area (Å²) in [4.78, 5) is 19.2. The molecule has 0 saturated heterocycles. The van der Waals surface area contributed by atoms with E-state index in [2.05, 4.69) is 17.0 Å². The van der Waals surface area contributed by atoms with Gasteiger partial charge in [0.2, 0.25) is 0 Å². The number of carbonyl (C=O) groups is 1. The average Bonchev–Trinajstić information content (AvgIpc) is 3.05. The molecule has 0 spiro atoms. The van der Waals surface area contributed by atoms with E-state index in [9.17, 15) is 4.79 Å². The summed E-state index contributed by atoms with van der Waals surface area (Å²) in [5.41, 5.74) is 4.14. The molecule has 6 heteroatoms. The number of amides is 1. The van der Waals surface area contributed by atoms with Crippen LogP contribution in [0.3, 0.4) is 0 Å². The third-order valence-corrected chi connectivity index (χ3v) is 4.71. The van der Waals surface area contributed by atoms with Crippen LogP contribution < -0.4 is 4.90 Å². The smallest absolute Gasteiger partial charge is 0.277 e. The molecule has 0 N–H and O–H groups in total. The van der Waals surface area contributed by atoms with Gasteiger partial charge in [-0.25, -0.2) is 0 Å². The molecule has 1 amide bonds. The van der Waals surface area contributed by atoms with E-state index in [1.54, 1.807) is 29.4 Å². The van der Waals surface area contributed by atoms with Crippen molar-refractivity contribution in [2.24, 2.45) is 0 Å². The molecule has 1 aliphatic heterocycles. The second kappa shape index (κ2) is 6.01. The van der Waals surface area contributed by atoms with Crippen LogP contribution in [0, 0.1) is 6.92 Å². The fraction of sp³-hybridized carbons (Fsp3) is 0.211. The van der Waals surface area contributed by atoms with Crippen LogP contribution in [0.15, 0.2) is 48.8 Å². The second-order valence-electron chi connectivity index (χ2n) is 6.28. The van der Waals surface area contributed by atoms with Crippen LogP contribution in [0.5, 0.6) is 0 Å². The van der Waals surface area contributed by atoms with E-state index in [4.69, 9.17) is 11.6 Å².